The second-order valence-electron chi connectivity index (χ2n) is 2.89. The lowest BCUT2D eigenvalue weighted by molar-refractivity contribution is -0.116. The Morgan fingerprint density at radius 3 is 3.08 bits per heavy atom. The number of halogens is 2. The molecule has 1 aromatic heterocycles. The molecule has 1 aliphatic rings. The van der Waals surface area contributed by atoms with Crippen LogP contribution in [0.2, 0.25) is 5.02 Å². The van der Waals surface area contributed by atoms with Crippen molar-refractivity contribution in [2.75, 3.05) is 5.32 Å². The summed E-state index contributed by atoms with van der Waals surface area (Å²) in [6.07, 6.45) is 1.58. The van der Waals surface area contributed by atoms with E-state index in [0.29, 0.717) is 10.8 Å². The molecule has 0 fully saturated rings. The first-order chi connectivity index (χ1) is 6.11. The summed E-state index contributed by atoms with van der Waals surface area (Å²) < 4.78 is 0.719. The van der Waals surface area contributed by atoms with E-state index in [1.807, 2.05) is 0 Å². The first kappa shape index (κ1) is 8.97. The van der Waals surface area contributed by atoms with E-state index >= 15 is 0 Å². The number of rotatable bonds is 0. The number of fused-ring (bicyclic) bond motifs is 1. The zero-order chi connectivity index (χ0) is 9.59. The first-order valence-electron chi connectivity index (χ1n) is 3.76. The average Bonchev–Trinajstić information content (AvgIpc) is 2.37. The molecular weight excluding hydrogens is 255 g/mol. The van der Waals surface area contributed by atoms with Crippen molar-refractivity contribution in [2.24, 2.45) is 0 Å². The van der Waals surface area contributed by atoms with Gasteiger partial charge in [0.25, 0.3) is 0 Å². The molecule has 0 saturated carbocycles. The van der Waals surface area contributed by atoms with Gasteiger partial charge in [-0.3, -0.25) is 4.79 Å². The number of aromatic nitrogens is 1. The normalized spacial score (nSPS) is 19.9. The van der Waals surface area contributed by atoms with Crippen LogP contribution in [0.25, 0.3) is 0 Å². The smallest absolute Gasteiger partial charge is 0.232 e. The average molecular weight is 262 g/mol. The maximum Gasteiger partial charge on any atom is 0.232 e. The standard InChI is InChI=1S/C8H6BrClN2O/c1-3-5-6(10)4(9)2-11-7(5)12-8(3)13/h2-3H,1H3,(H,11,12,13). The van der Waals surface area contributed by atoms with Crippen LogP contribution in [-0.4, -0.2) is 10.9 Å². The van der Waals surface area contributed by atoms with Gasteiger partial charge in [0.05, 0.1) is 15.4 Å². The third-order valence-corrected chi connectivity index (χ3v) is 3.31. The van der Waals surface area contributed by atoms with Gasteiger partial charge in [0.2, 0.25) is 5.91 Å². The molecule has 1 unspecified atom stereocenters. The lowest BCUT2D eigenvalue weighted by atomic mass is 10.1. The van der Waals surface area contributed by atoms with Crippen LogP contribution in [0.15, 0.2) is 10.7 Å². The summed E-state index contributed by atoms with van der Waals surface area (Å²) in [6, 6.07) is 0. The van der Waals surface area contributed by atoms with Crippen LogP contribution >= 0.6 is 27.5 Å². The number of nitrogens with zero attached hydrogens (tertiary/aromatic N) is 1. The fraction of sp³-hybridized carbons (Fsp3) is 0.250. The summed E-state index contributed by atoms with van der Waals surface area (Å²) in [5, 5.41) is 3.23. The summed E-state index contributed by atoms with van der Waals surface area (Å²) in [5.41, 5.74) is 0.779. The van der Waals surface area contributed by atoms with Gasteiger partial charge in [-0.05, 0) is 22.9 Å². The predicted molar refractivity (Wildman–Crippen MR) is 54.0 cm³/mol. The number of pyridine rings is 1. The molecule has 3 nitrogen and oxygen atoms in total. The van der Waals surface area contributed by atoms with E-state index in [0.717, 1.165) is 10.0 Å². The van der Waals surface area contributed by atoms with E-state index in [-0.39, 0.29) is 11.8 Å². The molecule has 0 bridgehead atoms. The zero-order valence-corrected chi connectivity index (χ0v) is 9.11. The summed E-state index contributed by atoms with van der Waals surface area (Å²) in [4.78, 5) is 15.3. The van der Waals surface area contributed by atoms with Crippen molar-refractivity contribution in [3.05, 3.63) is 21.3 Å². The van der Waals surface area contributed by atoms with Crippen LogP contribution in [0.5, 0.6) is 0 Å². The van der Waals surface area contributed by atoms with E-state index in [2.05, 4.69) is 26.2 Å². The molecule has 68 valence electrons. The number of hydrogen-bond donors (Lipinski definition) is 1. The summed E-state index contributed by atoms with van der Waals surface area (Å²) >= 11 is 9.28. The van der Waals surface area contributed by atoms with Gasteiger partial charge < -0.3 is 5.32 Å². The Balaban J connectivity index is 2.66. The zero-order valence-electron chi connectivity index (χ0n) is 6.77. The molecule has 1 amide bonds. The molecule has 0 radical (unpaired) electrons. The third-order valence-electron chi connectivity index (χ3n) is 2.08. The number of anilines is 1. The van der Waals surface area contributed by atoms with Crippen LogP contribution in [-0.2, 0) is 4.79 Å². The maximum atomic E-state index is 11.3. The van der Waals surface area contributed by atoms with Crippen molar-refractivity contribution in [3.8, 4) is 0 Å². The minimum absolute atomic E-state index is 0.0532. The van der Waals surface area contributed by atoms with Crippen molar-refractivity contribution in [2.45, 2.75) is 12.8 Å². The molecule has 1 aromatic rings. The van der Waals surface area contributed by atoms with Crippen LogP contribution < -0.4 is 5.32 Å². The Morgan fingerprint density at radius 1 is 1.69 bits per heavy atom. The van der Waals surface area contributed by atoms with Crippen LogP contribution in [0.4, 0.5) is 5.82 Å². The monoisotopic (exact) mass is 260 g/mol. The highest BCUT2D eigenvalue weighted by Gasteiger charge is 2.30. The molecule has 0 aromatic carbocycles. The fourth-order valence-corrected chi connectivity index (χ4v) is 1.95. The van der Waals surface area contributed by atoms with Gasteiger partial charge in [-0.1, -0.05) is 11.6 Å². The Labute approximate surface area is 88.6 Å². The van der Waals surface area contributed by atoms with Crippen LogP contribution in [0, 0.1) is 0 Å². The fourth-order valence-electron chi connectivity index (χ4n) is 1.33. The molecule has 13 heavy (non-hydrogen) atoms. The van der Waals surface area contributed by atoms with E-state index < -0.39 is 0 Å². The molecule has 5 heteroatoms. The predicted octanol–water partition coefficient (Wildman–Crippen LogP) is 2.55. The number of amides is 1. The quantitative estimate of drug-likeness (QED) is 0.780. The molecule has 0 spiro atoms. The molecule has 2 heterocycles. The topological polar surface area (TPSA) is 42.0 Å². The van der Waals surface area contributed by atoms with Crippen molar-refractivity contribution >= 4 is 39.3 Å². The molecule has 0 saturated heterocycles. The largest absolute Gasteiger partial charge is 0.310 e. The second-order valence-corrected chi connectivity index (χ2v) is 4.13. The second kappa shape index (κ2) is 2.96. The van der Waals surface area contributed by atoms with E-state index in [1.54, 1.807) is 13.1 Å². The molecule has 2 rings (SSSR count). The van der Waals surface area contributed by atoms with Gasteiger partial charge in [-0.2, -0.15) is 0 Å². The third kappa shape index (κ3) is 1.25. The van der Waals surface area contributed by atoms with E-state index in [4.69, 9.17) is 11.6 Å². The minimum atomic E-state index is -0.215. The highest BCUT2D eigenvalue weighted by Crippen LogP contribution is 2.39. The van der Waals surface area contributed by atoms with Crippen LogP contribution in [0.1, 0.15) is 18.4 Å². The Morgan fingerprint density at radius 2 is 2.38 bits per heavy atom. The minimum Gasteiger partial charge on any atom is -0.310 e. The lowest BCUT2D eigenvalue weighted by Crippen LogP contribution is -2.08. The van der Waals surface area contributed by atoms with Gasteiger partial charge >= 0.3 is 0 Å². The summed E-state index contributed by atoms with van der Waals surface area (Å²) in [6.45, 7) is 1.81. The molecule has 0 aliphatic carbocycles. The van der Waals surface area contributed by atoms with Gasteiger partial charge in [0, 0.05) is 11.8 Å². The van der Waals surface area contributed by atoms with Crippen LogP contribution in [0.3, 0.4) is 0 Å². The van der Waals surface area contributed by atoms with E-state index in [1.165, 1.54) is 0 Å². The molecule has 1 N–H and O–H groups in total. The maximum absolute atomic E-state index is 11.3. The lowest BCUT2D eigenvalue weighted by Gasteiger charge is -2.04. The van der Waals surface area contributed by atoms with Crippen molar-refractivity contribution < 1.29 is 4.79 Å². The Bertz CT molecular complexity index is 394. The van der Waals surface area contributed by atoms with Gasteiger partial charge in [-0.15, -0.1) is 0 Å². The highest BCUT2D eigenvalue weighted by atomic mass is 79.9. The first-order valence-corrected chi connectivity index (χ1v) is 4.93. The SMILES string of the molecule is CC1C(=O)Nc2ncc(Br)c(Cl)c21. The highest BCUT2D eigenvalue weighted by molar-refractivity contribution is 9.10. The van der Waals surface area contributed by atoms with Gasteiger partial charge in [0.1, 0.15) is 5.82 Å². The summed E-state index contributed by atoms with van der Waals surface area (Å²) in [7, 11) is 0. The van der Waals surface area contributed by atoms with Gasteiger partial charge in [0.15, 0.2) is 0 Å². The Kier molecular flexibility index (Phi) is 2.04. The number of carbonyl (C=O) groups is 1. The van der Waals surface area contributed by atoms with Crippen molar-refractivity contribution in [3.63, 3.8) is 0 Å². The Hall–Kier alpha value is -0.610. The number of carbonyl (C=O) groups excluding carboxylic acids is 1. The molecule has 1 aliphatic heterocycles. The number of hydrogen-bond acceptors (Lipinski definition) is 2. The van der Waals surface area contributed by atoms with Gasteiger partial charge in [-0.25, -0.2) is 4.98 Å². The number of nitrogens with one attached hydrogen (secondary N) is 1. The van der Waals surface area contributed by atoms with Crippen molar-refractivity contribution in [1.82, 2.24) is 4.98 Å². The molecular formula is C8H6BrClN2O. The summed E-state index contributed by atoms with van der Waals surface area (Å²) in [5.74, 6) is 0.306. The van der Waals surface area contributed by atoms with Crippen molar-refractivity contribution in [1.29, 1.82) is 0 Å². The molecule has 1 atom stereocenters. The van der Waals surface area contributed by atoms with E-state index in [9.17, 15) is 4.79 Å².